The molecule has 0 spiro atoms. The van der Waals surface area contributed by atoms with Crippen LogP contribution in [0.1, 0.15) is 22.1 Å². The molecule has 0 atom stereocenters. The van der Waals surface area contributed by atoms with Crippen LogP contribution < -0.4 is 5.32 Å². The Morgan fingerprint density at radius 1 is 1.20 bits per heavy atom. The van der Waals surface area contributed by atoms with Gasteiger partial charge in [-0.15, -0.1) is 0 Å². The van der Waals surface area contributed by atoms with Gasteiger partial charge in [0.2, 0.25) is 5.89 Å². The van der Waals surface area contributed by atoms with Crippen LogP contribution in [0.5, 0.6) is 0 Å². The second kappa shape index (κ2) is 5.13. The lowest BCUT2D eigenvalue weighted by Gasteiger charge is -2.06. The largest absolute Gasteiger partial charge is 0.343 e. The number of carbonyl (C=O) groups is 1. The van der Waals surface area contributed by atoms with Crippen LogP contribution in [0.2, 0.25) is 0 Å². The van der Waals surface area contributed by atoms with Crippen molar-refractivity contribution < 1.29 is 9.32 Å². The fraction of sp³-hybridized carbons (Fsp3) is 0.133. The van der Waals surface area contributed by atoms with Gasteiger partial charge in [-0.3, -0.25) is 4.79 Å². The molecular formula is C15H13N3O2. The molecule has 3 rings (SSSR count). The van der Waals surface area contributed by atoms with E-state index in [1.54, 1.807) is 13.0 Å². The van der Waals surface area contributed by atoms with Gasteiger partial charge in [0.1, 0.15) is 0 Å². The summed E-state index contributed by atoms with van der Waals surface area (Å²) in [6.07, 6.45) is 0. The molecular weight excluding hydrogens is 254 g/mol. The number of nitrogens with zero attached hydrogens (tertiary/aromatic N) is 2. The Labute approximate surface area is 115 Å². The Hall–Kier alpha value is -2.69. The van der Waals surface area contributed by atoms with E-state index in [2.05, 4.69) is 15.5 Å². The first-order valence-corrected chi connectivity index (χ1v) is 6.29. The maximum atomic E-state index is 12.2. The molecule has 1 N–H and O–H groups in total. The summed E-state index contributed by atoms with van der Waals surface area (Å²) in [6, 6.07) is 13.4. The zero-order valence-corrected chi connectivity index (χ0v) is 11.0. The molecule has 1 aromatic heterocycles. The van der Waals surface area contributed by atoms with Crippen LogP contribution in [0.15, 0.2) is 47.0 Å². The highest BCUT2D eigenvalue weighted by atomic mass is 16.5. The zero-order chi connectivity index (χ0) is 13.9. The van der Waals surface area contributed by atoms with E-state index < -0.39 is 0 Å². The fourth-order valence-corrected chi connectivity index (χ4v) is 2.09. The van der Waals surface area contributed by atoms with Gasteiger partial charge in [0, 0.05) is 5.56 Å². The molecule has 1 amide bonds. The van der Waals surface area contributed by atoms with Crippen molar-refractivity contribution in [3.05, 3.63) is 59.7 Å². The van der Waals surface area contributed by atoms with Crippen molar-refractivity contribution in [3.8, 4) is 0 Å². The summed E-state index contributed by atoms with van der Waals surface area (Å²) in [4.78, 5) is 16.3. The van der Waals surface area contributed by atoms with Crippen LogP contribution in [0.4, 0.5) is 0 Å². The Morgan fingerprint density at radius 2 is 2.00 bits per heavy atom. The first-order valence-electron chi connectivity index (χ1n) is 6.29. The maximum absolute atomic E-state index is 12.2. The third-order valence-corrected chi connectivity index (χ3v) is 3.00. The molecule has 0 bridgehead atoms. The monoisotopic (exact) mass is 267 g/mol. The van der Waals surface area contributed by atoms with Gasteiger partial charge < -0.3 is 9.84 Å². The minimum absolute atomic E-state index is 0.155. The van der Waals surface area contributed by atoms with Crippen LogP contribution in [0.3, 0.4) is 0 Å². The molecule has 0 aliphatic rings. The Balaban J connectivity index is 1.82. The van der Waals surface area contributed by atoms with Gasteiger partial charge >= 0.3 is 0 Å². The predicted octanol–water partition coefficient (Wildman–Crippen LogP) is 2.46. The molecule has 0 fully saturated rings. The molecule has 0 unspecified atom stereocenters. The quantitative estimate of drug-likeness (QED) is 0.791. The van der Waals surface area contributed by atoms with E-state index in [-0.39, 0.29) is 12.5 Å². The van der Waals surface area contributed by atoms with Crippen LogP contribution >= 0.6 is 0 Å². The van der Waals surface area contributed by atoms with Gasteiger partial charge in [-0.25, -0.2) is 0 Å². The van der Waals surface area contributed by atoms with E-state index in [1.165, 1.54) is 0 Å². The van der Waals surface area contributed by atoms with E-state index in [4.69, 9.17) is 4.52 Å². The molecule has 5 heteroatoms. The third-order valence-electron chi connectivity index (χ3n) is 3.00. The van der Waals surface area contributed by atoms with E-state index >= 15 is 0 Å². The van der Waals surface area contributed by atoms with Crippen LogP contribution in [-0.2, 0) is 6.54 Å². The molecule has 3 aromatic rings. The molecule has 100 valence electrons. The third kappa shape index (κ3) is 2.38. The van der Waals surface area contributed by atoms with Crippen LogP contribution in [-0.4, -0.2) is 16.0 Å². The molecule has 0 saturated carbocycles. The Morgan fingerprint density at radius 3 is 2.80 bits per heavy atom. The molecule has 5 nitrogen and oxygen atoms in total. The molecule has 0 saturated heterocycles. The van der Waals surface area contributed by atoms with Crippen molar-refractivity contribution in [2.24, 2.45) is 0 Å². The number of benzene rings is 2. The number of nitrogens with one attached hydrogen (secondary N) is 1. The zero-order valence-electron chi connectivity index (χ0n) is 11.0. The number of amides is 1. The summed E-state index contributed by atoms with van der Waals surface area (Å²) in [5.74, 6) is 0.799. The van der Waals surface area contributed by atoms with Crippen molar-refractivity contribution in [1.29, 1.82) is 0 Å². The summed E-state index contributed by atoms with van der Waals surface area (Å²) in [6.45, 7) is 1.96. The van der Waals surface area contributed by atoms with Gasteiger partial charge in [0.25, 0.3) is 5.91 Å². The second-order valence-corrected chi connectivity index (χ2v) is 4.44. The number of aryl methyl sites for hydroxylation is 1. The summed E-state index contributed by atoms with van der Waals surface area (Å²) >= 11 is 0. The summed E-state index contributed by atoms with van der Waals surface area (Å²) in [5.41, 5.74) is 0.638. The minimum atomic E-state index is -0.155. The minimum Gasteiger partial charge on any atom is -0.343 e. The molecule has 0 aliphatic heterocycles. The number of rotatable bonds is 3. The highest BCUT2D eigenvalue weighted by Crippen LogP contribution is 2.18. The number of fused-ring (bicyclic) bond motifs is 1. The van der Waals surface area contributed by atoms with Crippen molar-refractivity contribution >= 4 is 16.7 Å². The normalized spacial score (nSPS) is 10.7. The average Bonchev–Trinajstić information content (AvgIpc) is 2.90. The van der Waals surface area contributed by atoms with E-state index in [0.29, 0.717) is 17.3 Å². The Kier molecular flexibility index (Phi) is 3.16. The molecule has 1 heterocycles. The molecule has 0 radical (unpaired) electrons. The topological polar surface area (TPSA) is 68.0 Å². The number of hydrogen-bond donors (Lipinski definition) is 1. The highest BCUT2D eigenvalue weighted by Gasteiger charge is 2.11. The van der Waals surface area contributed by atoms with Crippen molar-refractivity contribution in [1.82, 2.24) is 15.5 Å². The number of carbonyl (C=O) groups excluding carboxylic acids is 1. The van der Waals surface area contributed by atoms with E-state index in [1.807, 2.05) is 36.4 Å². The lowest BCUT2D eigenvalue weighted by molar-refractivity contribution is 0.0948. The lowest BCUT2D eigenvalue weighted by Crippen LogP contribution is -2.23. The number of hydrogen-bond acceptors (Lipinski definition) is 4. The van der Waals surface area contributed by atoms with Gasteiger partial charge in [-0.05, 0) is 23.8 Å². The van der Waals surface area contributed by atoms with E-state index in [0.717, 1.165) is 10.8 Å². The standard InChI is InChI=1S/C15H13N3O2/c1-10-17-14(20-18-10)9-16-15(19)13-8-4-6-11-5-2-3-7-12(11)13/h2-8H,9H2,1H3,(H,16,19). The predicted molar refractivity (Wildman–Crippen MR) is 74.2 cm³/mol. The first-order chi connectivity index (χ1) is 9.74. The molecule has 0 aliphatic carbocycles. The summed E-state index contributed by atoms with van der Waals surface area (Å²) in [5, 5.41) is 8.43. The molecule has 20 heavy (non-hydrogen) atoms. The van der Waals surface area contributed by atoms with Gasteiger partial charge in [0.15, 0.2) is 5.82 Å². The highest BCUT2D eigenvalue weighted by molar-refractivity contribution is 6.06. The summed E-state index contributed by atoms with van der Waals surface area (Å²) < 4.78 is 4.96. The summed E-state index contributed by atoms with van der Waals surface area (Å²) in [7, 11) is 0. The van der Waals surface area contributed by atoms with Gasteiger partial charge in [-0.2, -0.15) is 4.98 Å². The Bertz CT molecular complexity index is 759. The lowest BCUT2D eigenvalue weighted by atomic mass is 10.0. The maximum Gasteiger partial charge on any atom is 0.252 e. The second-order valence-electron chi connectivity index (χ2n) is 4.44. The molecule has 2 aromatic carbocycles. The van der Waals surface area contributed by atoms with Crippen LogP contribution in [0.25, 0.3) is 10.8 Å². The first kappa shape index (κ1) is 12.3. The van der Waals surface area contributed by atoms with Gasteiger partial charge in [0.05, 0.1) is 6.54 Å². The fourth-order valence-electron chi connectivity index (χ4n) is 2.09. The smallest absolute Gasteiger partial charge is 0.252 e. The van der Waals surface area contributed by atoms with Crippen molar-refractivity contribution in [2.45, 2.75) is 13.5 Å². The van der Waals surface area contributed by atoms with E-state index in [9.17, 15) is 4.79 Å². The van der Waals surface area contributed by atoms with Gasteiger partial charge in [-0.1, -0.05) is 41.6 Å². The number of aromatic nitrogens is 2. The average molecular weight is 267 g/mol. The SMILES string of the molecule is Cc1noc(CNC(=O)c2cccc3ccccc23)n1. The van der Waals surface area contributed by atoms with Crippen LogP contribution in [0, 0.1) is 6.92 Å². The van der Waals surface area contributed by atoms with Crippen molar-refractivity contribution in [2.75, 3.05) is 0 Å². The van der Waals surface area contributed by atoms with Crippen molar-refractivity contribution in [3.63, 3.8) is 0 Å².